The minimum Gasteiger partial charge on any atom is -0.484 e. The second kappa shape index (κ2) is 10.6. The Morgan fingerprint density at radius 3 is 2.06 bits per heavy atom. The third kappa shape index (κ3) is 6.41. The third-order valence-electron chi connectivity index (χ3n) is 6.19. The van der Waals surface area contributed by atoms with Crippen LogP contribution in [0, 0.1) is 0 Å². The Morgan fingerprint density at radius 1 is 0.829 bits per heavy atom. The van der Waals surface area contributed by atoms with Crippen molar-refractivity contribution in [2.75, 3.05) is 43.0 Å². The SMILES string of the molecule is CC(C)(C)c1ccc(C(=O)N2CCN(c3ccc(NC(=O)COc4ccccc4)cc3)CC2)cc1. The van der Waals surface area contributed by atoms with E-state index in [0.29, 0.717) is 18.8 Å². The van der Waals surface area contributed by atoms with Crippen LogP contribution in [-0.4, -0.2) is 49.5 Å². The number of rotatable bonds is 6. The Bertz CT molecular complexity index is 1130. The molecule has 6 nitrogen and oxygen atoms in total. The van der Waals surface area contributed by atoms with E-state index in [4.69, 9.17) is 4.74 Å². The Balaban J connectivity index is 1.26. The van der Waals surface area contributed by atoms with Crippen LogP contribution in [0.5, 0.6) is 5.75 Å². The van der Waals surface area contributed by atoms with Crippen LogP contribution in [-0.2, 0) is 10.2 Å². The summed E-state index contributed by atoms with van der Waals surface area (Å²) in [7, 11) is 0. The molecule has 1 aliphatic heterocycles. The first kappa shape index (κ1) is 24.3. The van der Waals surface area contributed by atoms with Gasteiger partial charge in [-0.3, -0.25) is 9.59 Å². The number of piperazine rings is 1. The number of benzene rings is 3. The lowest BCUT2D eigenvalue weighted by molar-refractivity contribution is -0.118. The van der Waals surface area contributed by atoms with E-state index in [9.17, 15) is 9.59 Å². The zero-order valence-electron chi connectivity index (χ0n) is 20.7. The van der Waals surface area contributed by atoms with Crippen molar-refractivity contribution in [1.82, 2.24) is 4.90 Å². The van der Waals surface area contributed by atoms with Gasteiger partial charge in [-0.15, -0.1) is 0 Å². The van der Waals surface area contributed by atoms with Gasteiger partial charge in [0.15, 0.2) is 6.61 Å². The van der Waals surface area contributed by atoms with Crippen LogP contribution in [0.25, 0.3) is 0 Å². The molecule has 1 aliphatic rings. The fourth-order valence-electron chi connectivity index (χ4n) is 4.08. The van der Waals surface area contributed by atoms with E-state index in [0.717, 1.165) is 30.0 Å². The first-order chi connectivity index (χ1) is 16.8. The molecular formula is C29H33N3O3. The second-order valence-corrected chi connectivity index (χ2v) is 9.80. The largest absolute Gasteiger partial charge is 0.484 e. The summed E-state index contributed by atoms with van der Waals surface area (Å²) in [5.41, 5.74) is 3.83. The van der Waals surface area contributed by atoms with Gasteiger partial charge in [-0.05, 0) is 59.5 Å². The van der Waals surface area contributed by atoms with E-state index in [2.05, 4.69) is 43.1 Å². The Morgan fingerprint density at radius 2 is 1.46 bits per heavy atom. The molecule has 0 unspecified atom stereocenters. The van der Waals surface area contributed by atoms with E-state index in [-0.39, 0.29) is 23.8 Å². The number of carbonyl (C=O) groups is 2. The molecule has 0 atom stereocenters. The molecule has 0 aliphatic carbocycles. The van der Waals surface area contributed by atoms with Crippen molar-refractivity contribution in [3.8, 4) is 5.75 Å². The summed E-state index contributed by atoms with van der Waals surface area (Å²) in [6.07, 6.45) is 0. The molecule has 35 heavy (non-hydrogen) atoms. The number of amides is 2. The summed E-state index contributed by atoms with van der Waals surface area (Å²) >= 11 is 0. The average molecular weight is 472 g/mol. The van der Waals surface area contributed by atoms with Gasteiger partial charge >= 0.3 is 0 Å². The molecular weight excluding hydrogens is 438 g/mol. The van der Waals surface area contributed by atoms with Crippen LogP contribution < -0.4 is 15.0 Å². The van der Waals surface area contributed by atoms with E-state index in [1.54, 1.807) is 0 Å². The summed E-state index contributed by atoms with van der Waals surface area (Å²) in [5, 5.41) is 2.86. The zero-order valence-corrected chi connectivity index (χ0v) is 20.7. The molecule has 3 aromatic carbocycles. The molecule has 1 saturated heterocycles. The van der Waals surface area contributed by atoms with E-state index in [1.807, 2.05) is 71.6 Å². The van der Waals surface area contributed by atoms with Crippen LogP contribution >= 0.6 is 0 Å². The molecule has 1 heterocycles. The lowest BCUT2D eigenvalue weighted by Gasteiger charge is -2.36. The molecule has 0 aromatic heterocycles. The molecule has 0 spiro atoms. The molecule has 6 heteroatoms. The van der Waals surface area contributed by atoms with Gasteiger partial charge in [0.05, 0.1) is 0 Å². The maximum atomic E-state index is 13.0. The number of anilines is 2. The Kier molecular flexibility index (Phi) is 7.39. The highest BCUT2D eigenvalue weighted by Gasteiger charge is 2.23. The number of nitrogens with zero attached hydrogens (tertiary/aromatic N) is 2. The number of hydrogen-bond acceptors (Lipinski definition) is 4. The van der Waals surface area contributed by atoms with Crippen molar-refractivity contribution in [3.05, 3.63) is 90.0 Å². The predicted octanol–water partition coefficient (Wildman–Crippen LogP) is 4.96. The van der Waals surface area contributed by atoms with Gasteiger partial charge in [0, 0.05) is 43.1 Å². The topological polar surface area (TPSA) is 61.9 Å². The molecule has 0 bridgehead atoms. The lowest BCUT2D eigenvalue weighted by Crippen LogP contribution is -2.48. The van der Waals surface area contributed by atoms with Crippen molar-refractivity contribution in [2.24, 2.45) is 0 Å². The van der Waals surface area contributed by atoms with Gasteiger partial charge in [0.2, 0.25) is 0 Å². The maximum Gasteiger partial charge on any atom is 0.262 e. The van der Waals surface area contributed by atoms with Crippen molar-refractivity contribution in [1.29, 1.82) is 0 Å². The number of hydrogen-bond donors (Lipinski definition) is 1. The van der Waals surface area contributed by atoms with E-state index < -0.39 is 0 Å². The Labute approximate surface area is 207 Å². The highest BCUT2D eigenvalue weighted by atomic mass is 16.5. The highest BCUT2D eigenvalue weighted by molar-refractivity contribution is 5.94. The molecule has 2 amide bonds. The van der Waals surface area contributed by atoms with Crippen molar-refractivity contribution < 1.29 is 14.3 Å². The van der Waals surface area contributed by atoms with Gasteiger partial charge < -0.3 is 19.9 Å². The van der Waals surface area contributed by atoms with E-state index in [1.165, 1.54) is 5.56 Å². The monoisotopic (exact) mass is 471 g/mol. The van der Waals surface area contributed by atoms with Crippen LogP contribution in [0.3, 0.4) is 0 Å². The van der Waals surface area contributed by atoms with Crippen LogP contribution in [0.4, 0.5) is 11.4 Å². The predicted molar refractivity (Wildman–Crippen MR) is 140 cm³/mol. The lowest BCUT2D eigenvalue weighted by atomic mass is 9.86. The minimum absolute atomic E-state index is 0.0410. The minimum atomic E-state index is -0.204. The summed E-state index contributed by atoms with van der Waals surface area (Å²) in [6, 6.07) is 25.0. The molecule has 0 radical (unpaired) electrons. The molecule has 3 aromatic rings. The summed E-state index contributed by atoms with van der Waals surface area (Å²) in [5.74, 6) is 0.544. The summed E-state index contributed by atoms with van der Waals surface area (Å²) in [4.78, 5) is 29.3. The number of ether oxygens (including phenoxy) is 1. The Hall–Kier alpha value is -3.80. The number of carbonyl (C=O) groups excluding carboxylic acids is 2. The number of nitrogens with one attached hydrogen (secondary N) is 1. The molecule has 182 valence electrons. The van der Waals surface area contributed by atoms with Crippen LogP contribution in [0.15, 0.2) is 78.9 Å². The molecule has 1 N–H and O–H groups in total. The molecule has 0 saturated carbocycles. The second-order valence-electron chi connectivity index (χ2n) is 9.80. The first-order valence-corrected chi connectivity index (χ1v) is 12.0. The van der Waals surface area contributed by atoms with Crippen molar-refractivity contribution in [3.63, 3.8) is 0 Å². The van der Waals surface area contributed by atoms with Gasteiger partial charge in [0.1, 0.15) is 5.75 Å². The molecule has 1 fully saturated rings. The fourth-order valence-corrected chi connectivity index (χ4v) is 4.08. The van der Waals surface area contributed by atoms with Gasteiger partial charge in [0.25, 0.3) is 11.8 Å². The molecule has 4 rings (SSSR count). The zero-order chi connectivity index (χ0) is 24.8. The number of para-hydroxylation sites is 1. The first-order valence-electron chi connectivity index (χ1n) is 12.0. The van der Waals surface area contributed by atoms with Gasteiger partial charge in [-0.2, -0.15) is 0 Å². The normalized spacial score (nSPS) is 13.9. The van der Waals surface area contributed by atoms with Crippen molar-refractivity contribution >= 4 is 23.2 Å². The van der Waals surface area contributed by atoms with Gasteiger partial charge in [-0.25, -0.2) is 0 Å². The average Bonchev–Trinajstić information content (AvgIpc) is 2.88. The third-order valence-corrected chi connectivity index (χ3v) is 6.19. The summed E-state index contributed by atoms with van der Waals surface area (Å²) < 4.78 is 5.49. The van der Waals surface area contributed by atoms with Crippen LogP contribution in [0.1, 0.15) is 36.7 Å². The van der Waals surface area contributed by atoms with E-state index >= 15 is 0 Å². The van der Waals surface area contributed by atoms with Gasteiger partial charge in [-0.1, -0.05) is 51.1 Å². The van der Waals surface area contributed by atoms with Crippen molar-refractivity contribution in [2.45, 2.75) is 26.2 Å². The summed E-state index contributed by atoms with van der Waals surface area (Å²) in [6.45, 7) is 9.35. The quantitative estimate of drug-likeness (QED) is 0.552. The highest BCUT2D eigenvalue weighted by Crippen LogP contribution is 2.24. The maximum absolute atomic E-state index is 13.0. The van der Waals surface area contributed by atoms with Crippen LogP contribution in [0.2, 0.25) is 0 Å². The smallest absolute Gasteiger partial charge is 0.262 e. The fraction of sp³-hybridized carbons (Fsp3) is 0.310. The standard InChI is InChI=1S/C29H33N3O3/c1-29(2,3)23-11-9-22(10-12-23)28(34)32-19-17-31(18-20-32)25-15-13-24(14-16-25)30-27(33)21-35-26-7-5-4-6-8-26/h4-16H,17-21H2,1-3H3,(H,30,33).